The lowest BCUT2D eigenvalue weighted by Gasteiger charge is -2.34. The molecule has 0 aromatic heterocycles. The van der Waals surface area contributed by atoms with Gasteiger partial charge in [0.15, 0.2) is 18.2 Å². The molecule has 2 aromatic rings. The van der Waals surface area contributed by atoms with Crippen molar-refractivity contribution in [3.8, 4) is 11.8 Å². The summed E-state index contributed by atoms with van der Waals surface area (Å²) in [6, 6.07) is 11.6. The van der Waals surface area contributed by atoms with Crippen LogP contribution in [-0.2, 0) is 4.79 Å². The van der Waals surface area contributed by atoms with Gasteiger partial charge in [-0.05, 0) is 30.3 Å². The molecule has 28 heavy (non-hydrogen) atoms. The Morgan fingerprint density at radius 3 is 2.36 bits per heavy atom. The molecule has 0 aliphatic carbocycles. The van der Waals surface area contributed by atoms with Crippen molar-refractivity contribution < 1.29 is 23.1 Å². The van der Waals surface area contributed by atoms with E-state index in [2.05, 4.69) is 0 Å². The van der Waals surface area contributed by atoms with Crippen molar-refractivity contribution in [3.05, 3.63) is 65.2 Å². The zero-order valence-electron chi connectivity index (χ0n) is 14.9. The van der Waals surface area contributed by atoms with Gasteiger partial charge in [-0.1, -0.05) is 12.1 Å². The molecule has 6 nitrogen and oxygen atoms in total. The first kappa shape index (κ1) is 19.3. The fourth-order valence-corrected chi connectivity index (χ4v) is 2.89. The van der Waals surface area contributed by atoms with E-state index < -0.39 is 17.5 Å². The molecule has 0 atom stereocenters. The summed E-state index contributed by atoms with van der Waals surface area (Å²) in [5, 5.41) is 9.03. The summed E-state index contributed by atoms with van der Waals surface area (Å²) in [6.07, 6.45) is 0. The summed E-state index contributed by atoms with van der Waals surface area (Å²) in [6.45, 7) is 0.946. The van der Waals surface area contributed by atoms with Gasteiger partial charge in [0.05, 0.1) is 5.56 Å². The van der Waals surface area contributed by atoms with Crippen LogP contribution in [0.5, 0.6) is 5.75 Å². The number of hydrogen-bond acceptors (Lipinski definition) is 4. The van der Waals surface area contributed by atoms with Gasteiger partial charge in [-0.3, -0.25) is 9.59 Å². The lowest BCUT2D eigenvalue weighted by atomic mass is 10.1. The molecule has 1 saturated heterocycles. The van der Waals surface area contributed by atoms with Crippen LogP contribution in [0, 0.1) is 23.0 Å². The number of carbonyl (C=O) groups is 2. The molecule has 1 fully saturated rings. The number of amides is 2. The van der Waals surface area contributed by atoms with Gasteiger partial charge >= 0.3 is 0 Å². The fraction of sp³-hybridized carbons (Fsp3) is 0.250. The van der Waals surface area contributed by atoms with Crippen molar-refractivity contribution in [2.24, 2.45) is 0 Å². The Labute approximate surface area is 160 Å². The van der Waals surface area contributed by atoms with Crippen LogP contribution in [0.15, 0.2) is 42.5 Å². The molecule has 0 radical (unpaired) electrons. The van der Waals surface area contributed by atoms with Gasteiger partial charge in [0, 0.05) is 31.7 Å². The van der Waals surface area contributed by atoms with Gasteiger partial charge in [-0.2, -0.15) is 5.26 Å². The normalized spacial score (nSPS) is 13.8. The van der Waals surface area contributed by atoms with E-state index in [-0.39, 0.29) is 31.2 Å². The number of carbonyl (C=O) groups excluding carboxylic acids is 2. The van der Waals surface area contributed by atoms with E-state index in [0.29, 0.717) is 24.4 Å². The molecular formula is C20H17F2N3O3. The van der Waals surface area contributed by atoms with Gasteiger partial charge in [0.2, 0.25) is 0 Å². The zero-order valence-corrected chi connectivity index (χ0v) is 14.9. The van der Waals surface area contributed by atoms with Crippen LogP contribution in [0.2, 0.25) is 0 Å². The maximum absolute atomic E-state index is 13.3. The quantitative estimate of drug-likeness (QED) is 0.809. The molecule has 0 bridgehead atoms. The Morgan fingerprint density at radius 2 is 1.68 bits per heavy atom. The lowest BCUT2D eigenvalue weighted by Crippen LogP contribution is -2.51. The highest BCUT2D eigenvalue weighted by molar-refractivity contribution is 5.94. The van der Waals surface area contributed by atoms with Crippen LogP contribution < -0.4 is 4.74 Å². The van der Waals surface area contributed by atoms with Crippen molar-refractivity contribution in [1.82, 2.24) is 9.80 Å². The van der Waals surface area contributed by atoms with Crippen molar-refractivity contribution in [2.75, 3.05) is 32.8 Å². The number of hydrogen-bond donors (Lipinski definition) is 0. The van der Waals surface area contributed by atoms with E-state index in [1.807, 2.05) is 6.07 Å². The first-order valence-electron chi connectivity index (χ1n) is 8.63. The number of nitrogens with zero attached hydrogens (tertiary/aromatic N) is 3. The average molecular weight is 385 g/mol. The van der Waals surface area contributed by atoms with Crippen LogP contribution in [0.1, 0.15) is 15.9 Å². The monoisotopic (exact) mass is 385 g/mol. The van der Waals surface area contributed by atoms with E-state index in [0.717, 1.165) is 12.1 Å². The van der Waals surface area contributed by atoms with Gasteiger partial charge in [-0.25, -0.2) is 8.78 Å². The predicted octanol–water partition coefficient (Wildman–Crippen LogP) is 2.20. The second-order valence-corrected chi connectivity index (χ2v) is 6.20. The summed E-state index contributed by atoms with van der Waals surface area (Å²) < 4.78 is 31.8. The second-order valence-electron chi connectivity index (χ2n) is 6.20. The number of halogens is 2. The summed E-state index contributed by atoms with van der Waals surface area (Å²) in [7, 11) is 0. The van der Waals surface area contributed by atoms with Gasteiger partial charge in [-0.15, -0.1) is 0 Å². The number of para-hydroxylation sites is 1. The molecule has 2 amide bonds. The Morgan fingerprint density at radius 1 is 1.00 bits per heavy atom. The molecule has 3 rings (SSSR count). The molecule has 144 valence electrons. The van der Waals surface area contributed by atoms with Gasteiger partial charge in [0.25, 0.3) is 11.8 Å². The van der Waals surface area contributed by atoms with E-state index in [4.69, 9.17) is 10.00 Å². The predicted molar refractivity (Wildman–Crippen MR) is 95.5 cm³/mol. The van der Waals surface area contributed by atoms with Crippen LogP contribution in [-0.4, -0.2) is 54.4 Å². The topological polar surface area (TPSA) is 73.6 Å². The van der Waals surface area contributed by atoms with Crippen molar-refractivity contribution in [2.45, 2.75) is 0 Å². The van der Waals surface area contributed by atoms with Gasteiger partial charge < -0.3 is 14.5 Å². The molecule has 8 heteroatoms. The number of piperazine rings is 1. The van der Waals surface area contributed by atoms with Crippen molar-refractivity contribution >= 4 is 11.8 Å². The summed E-state index contributed by atoms with van der Waals surface area (Å²) >= 11 is 0. The third kappa shape index (κ3) is 4.26. The minimum atomic E-state index is -1.07. The Hall–Kier alpha value is -3.47. The molecule has 0 N–H and O–H groups in total. The maximum atomic E-state index is 13.3. The number of benzene rings is 2. The highest BCUT2D eigenvalue weighted by Crippen LogP contribution is 2.17. The van der Waals surface area contributed by atoms with E-state index in [1.54, 1.807) is 29.2 Å². The molecule has 1 aliphatic rings. The zero-order chi connectivity index (χ0) is 20.1. The molecule has 0 unspecified atom stereocenters. The van der Waals surface area contributed by atoms with Gasteiger partial charge in [0.1, 0.15) is 11.8 Å². The van der Waals surface area contributed by atoms with E-state index in [9.17, 15) is 18.4 Å². The minimum absolute atomic E-state index is 0.0649. The highest BCUT2D eigenvalue weighted by atomic mass is 19.2. The first-order chi connectivity index (χ1) is 13.5. The standard InChI is InChI=1S/C20H17F2N3O3/c21-16-6-5-14(11-17(16)22)20(27)25-9-7-24(8-10-25)19(26)13-28-18-4-2-1-3-15(18)12-23/h1-6,11H,7-10,13H2. The highest BCUT2D eigenvalue weighted by Gasteiger charge is 2.25. The number of nitriles is 1. The Bertz CT molecular complexity index is 935. The minimum Gasteiger partial charge on any atom is -0.482 e. The SMILES string of the molecule is N#Cc1ccccc1OCC(=O)N1CCN(C(=O)c2ccc(F)c(F)c2)CC1. The average Bonchev–Trinajstić information content (AvgIpc) is 2.73. The number of rotatable bonds is 4. The smallest absolute Gasteiger partial charge is 0.260 e. The lowest BCUT2D eigenvalue weighted by molar-refractivity contribution is -0.134. The summed E-state index contributed by atoms with van der Waals surface area (Å²) in [5.41, 5.74) is 0.410. The maximum Gasteiger partial charge on any atom is 0.260 e. The van der Waals surface area contributed by atoms with Crippen LogP contribution in [0.4, 0.5) is 8.78 Å². The van der Waals surface area contributed by atoms with Crippen LogP contribution in [0.3, 0.4) is 0 Å². The van der Waals surface area contributed by atoms with E-state index >= 15 is 0 Å². The second kappa shape index (κ2) is 8.48. The third-order valence-electron chi connectivity index (χ3n) is 4.44. The molecule has 2 aromatic carbocycles. The van der Waals surface area contributed by atoms with Crippen LogP contribution >= 0.6 is 0 Å². The fourth-order valence-electron chi connectivity index (χ4n) is 2.89. The summed E-state index contributed by atoms with van der Waals surface area (Å²) in [4.78, 5) is 27.8. The van der Waals surface area contributed by atoms with Crippen LogP contribution in [0.25, 0.3) is 0 Å². The summed E-state index contributed by atoms with van der Waals surface area (Å²) in [5.74, 6) is -2.41. The molecule has 1 heterocycles. The first-order valence-corrected chi connectivity index (χ1v) is 8.63. The Balaban J connectivity index is 1.53. The van der Waals surface area contributed by atoms with Crippen molar-refractivity contribution in [3.63, 3.8) is 0 Å². The molecule has 0 saturated carbocycles. The molecule has 1 aliphatic heterocycles. The molecular weight excluding hydrogens is 368 g/mol. The molecule has 0 spiro atoms. The largest absolute Gasteiger partial charge is 0.482 e. The Kier molecular flexibility index (Phi) is 5.84. The third-order valence-corrected chi connectivity index (χ3v) is 4.44. The van der Waals surface area contributed by atoms with E-state index in [1.165, 1.54) is 11.0 Å². The van der Waals surface area contributed by atoms with Crippen molar-refractivity contribution in [1.29, 1.82) is 5.26 Å². The number of ether oxygens (including phenoxy) is 1.